The van der Waals surface area contributed by atoms with Crippen molar-refractivity contribution in [2.75, 3.05) is 34.4 Å². The van der Waals surface area contributed by atoms with E-state index in [4.69, 9.17) is 18.9 Å². The molecule has 0 bridgehead atoms. The molecule has 2 aromatic carbocycles. The van der Waals surface area contributed by atoms with Gasteiger partial charge in [-0.15, -0.1) is 0 Å². The van der Waals surface area contributed by atoms with Crippen LogP contribution in [-0.4, -0.2) is 58.8 Å². The summed E-state index contributed by atoms with van der Waals surface area (Å²) >= 11 is 0. The summed E-state index contributed by atoms with van der Waals surface area (Å²) in [7, 11) is 5.46. The summed E-state index contributed by atoms with van der Waals surface area (Å²) in [6, 6.07) is 15.2. The van der Waals surface area contributed by atoms with E-state index in [0.717, 1.165) is 16.8 Å². The van der Waals surface area contributed by atoms with E-state index in [0.29, 0.717) is 35.6 Å². The van der Waals surface area contributed by atoms with E-state index in [1.165, 1.54) is 4.52 Å². The first-order chi connectivity index (χ1) is 16.5. The molecule has 0 aliphatic rings. The Bertz CT molecular complexity index is 1530. The molecule has 9 nitrogen and oxygen atoms in total. The number of aryl methyl sites for hydroxylation is 1. The van der Waals surface area contributed by atoms with Gasteiger partial charge in [-0.05, 0) is 38.7 Å². The van der Waals surface area contributed by atoms with Crippen molar-refractivity contribution < 1.29 is 13.9 Å². The molecule has 1 N–H and O–H groups in total. The molecular formula is C25H25N5O4. The lowest BCUT2D eigenvalue weighted by Gasteiger charge is -2.12. The molecule has 3 aromatic heterocycles. The Morgan fingerprint density at radius 2 is 1.85 bits per heavy atom. The number of methoxy groups -OCH3 is 1. The van der Waals surface area contributed by atoms with E-state index in [-0.39, 0.29) is 22.9 Å². The number of nitrogens with one attached hydrogen (secondary N) is 1. The number of para-hydroxylation sites is 1. The largest absolute Gasteiger partial charge is 0.494 e. The van der Waals surface area contributed by atoms with Crippen molar-refractivity contribution in [3.63, 3.8) is 0 Å². The highest BCUT2D eigenvalue weighted by Crippen LogP contribution is 2.34. The fourth-order valence-electron chi connectivity index (χ4n) is 3.92. The summed E-state index contributed by atoms with van der Waals surface area (Å²) in [4.78, 5) is 25.1. The lowest BCUT2D eigenvalue weighted by molar-refractivity contribution is 0.254. The van der Waals surface area contributed by atoms with E-state index in [1.807, 2.05) is 56.3 Å². The van der Waals surface area contributed by atoms with E-state index in [2.05, 4.69) is 10.1 Å². The van der Waals surface area contributed by atoms with Crippen molar-refractivity contribution in [3.8, 4) is 34.2 Å². The van der Waals surface area contributed by atoms with Crippen molar-refractivity contribution in [2.45, 2.75) is 6.92 Å². The Balaban J connectivity index is 1.75. The average Bonchev–Trinajstić information content (AvgIpc) is 3.40. The van der Waals surface area contributed by atoms with Gasteiger partial charge in [-0.2, -0.15) is 9.50 Å². The Morgan fingerprint density at radius 3 is 2.59 bits per heavy atom. The molecule has 0 saturated heterocycles. The molecule has 0 fully saturated rings. The number of H-pyrrole nitrogens is 1. The Labute approximate surface area is 195 Å². The molecule has 0 amide bonds. The molecule has 9 heteroatoms. The summed E-state index contributed by atoms with van der Waals surface area (Å²) in [6.45, 7) is 2.91. The van der Waals surface area contributed by atoms with Crippen LogP contribution in [-0.2, 0) is 0 Å². The first kappa shape index (κ1) is 21.7. The Kier molecular flexibility index (Phi) is 5.54. The first-order valence-electron chi connectivity index (χ1n) is 10.9. The molecule has 5 aromatic rings. The van der Waals surface area contributed by atoms with Crippen LogP contribution < -0.4 is 15.0 Å². The molecule has 0 atom stereocenters. The van der Waals surface area contributed by atoms with Crippen LogP contribution in [0.5, 0.6) is 11.6 Å². The second-order valence-electron chi connectivity index (χ2n) is 8.21. The molecule has 0 spiro atoms. The number of likely N-dealkylation sites (N-methyl/N-ethyl adjacent to an activating group) is 1. The molecule has 0 saturated carbocycles. The van der Waals surface area contributed by atoms with Crippen LogP contribution in [0.3, 0.4) is 0 Å². The Morgan fingerprint density at radius 1 is 1.06 bits per heavy atom. The van der Waals surface area contributed by atoms with Gasteiger partial charge in [0.05, 0.1) is 7.11 Å². The minimum atomic E-state index is -0.361. The number of oxazole rings is 1. The van der Waals surface area contributed by atoms with E-state index < -0.39 is 0 Å². The van der Waals surface area contributed by atoms with Crippen molar-refractivity contribution in [1.29, 1.82) is 0 Å². The summed E-state index contributed by atoms with van der Waals surface area (Å²) in [5, 5.41) is 3.15. The predicted molar refractivity (Wildman–Crippen MR) is 130 cm³/mol. The molecule has 3 heterocycles. The zero-order valence-corrected chi connectivity index (χ0v) is 19.5. The fourth-order valence-corrected chi connectivity index (χ4v) is 3.92. The molecule has 34 heavy (non-hydrogen) atoms. The van der Waals surface area contributed by atoms with Gasteiger partial charge < -0.3 is 18.8 Å². The summed E-state index contributed by atoms with van der Waals surface area (Å²) in [5.74, 6) is 0.854. The van der Waals surface area contributed by atoms with Crippen LogP contribution in [0.2, 0.25) is 0 Å². The van der Waals surface area contributed by atoms with Gasteiger partial charge >= 0.3 is 0 Å². The predicted octanol–water partition coefficient (Wildman–Crippen LogP) is 3.76. The van der Waals surface area contributed by atoms with Crippen LogP contribution >= 0.6 is 0 Å². The van der Waals surface area contributed by atoms with E-state index >= 15 is 0 Å². The minimum absolute atomic E-state index is 0.125. The van der Waals surface area contributed by atoms with Gasteiger partial charge in [-0.3, -0.25) is 9.89 Å². The number of aromatic amines is 1. The number of hydrogen-bond acceptors (Lipinski definition) is 7. The zero-order valence-electron chi connectivity index (χ0n) is 19.5. The number of fused-ring (bicyclic) bond motifs is 2. The number of aromatic nitrogens is 4. The van der Waals surface area contributed by atoms with Crippen LogP contribution in [0.15, 0.2) is 57.7 Å². The summed E-state index contributed by atoms with van der Waals surface area (Å²) in [5.41, 5.74) is 3.89. The second-order valence-corrected chi connectivity index (χ2v) is 8.21. The smallest absolute Gasteiger partial charge is 0.289 e. The van der Waals surface area contributed by atoms with Crippen LogP contribution in [0.25, 0.3) is 39.3 Å². The lowest BCUT2D eigenvalue weighted by atomic mass is 10.1. The number of rotatable bonds is 7. The van der Waals surface area contributed by atoms with Crippen molar-refractivity contribution in [2.24, 2.45) is 0 Å². The van der Waals surface area contributed by atoms with Crippen molar-refractivity contribution in [3.05, 3.63) is 64.6 Å². The van der Waals surface area contributed by atoms with Gasteiger partial charge in [0.25, 0.3) is 5.56 Å². The highest BCUT2D eigenvalue weighted by Gasteiger charge is 2.25. The van der Waals surface area contributed by atoms with Gasteiger partial charge in [0.15, 0.2) is 22.3 Å². The number of ether oxygens (including phenoxy) is 2. The summed E-state index contributed by atoms with van der Waals surface area (Å²) < 4.78 is 18.8. The first-order valence-corrected chi connectivity index (χ1v) is 10.9. The van der Waals surface area contributed by atoms with Crippen molar-refractivity contribution >= 4 is 16.7 Å². The van der Waals surface area contributed by atoms with Crippen LogP contribution in [0.4, 0.5) is 0 Å². The minimum Gasteiger partial charge on any atom is -0.494 e. The monoisotopic (exact) mass is 459 g/mol. The van der Waals surface area contributed by atoms with Crippen molar-refractivity contribution in [1.82, 2.24) is 24.5 Å². The number of hydrogen-bond donors (Lipinski definition) is 1. The van der Waals surface area contributed by atoms with Gasteiger partial charge in [0.1, 0.15) is 12.4 Å². The third-order valence-electron chi connectivity index (χ3n) is 5.58. The molecule has 0 aliphatic heterocycles. The third kappa shape index (κ3) is 3.69. The average molecular weight is 460 g/mol. The highest BCUT2D eigenvalue weighted by atomic mass is 16.5. The zero-order chi connectivity index (χ0) is 23.8. The van der Waals surface area contributed by atoms with Crippen LogP contribution in [0, 0.1) is 6.92 Å². The Hall–Kier alpha value is -4.11. The molecule has 174 valence electrons. The molecule has 0 radical (unpaired) electrons. The number of benzene rings is 2. The number of nitrogens with zero attached hydrogens (tertiary/aromatic N) is 4. The molecule has 0 unspecified atom stereocenters. The van der Waals surface area contributed by atoms with Gasteiger partial charge in [-0.25, -0.2) is 4.98 Å². The molecular weight excluding hydrogens is 434 g/mol. The quantitative estimate of drug-likeness (QED) is 0.396. The standard InChI is InChI=1S/C25H25N5O4/c1-15-19(16-9-6-5-7-10-16)22-27-23(33-14-13-29(2)3)20(25(31)30(22)28-15)24-26-21-17(32-4)11-8-12-18(21)34-24/h5-12,28H,13-14H2,1-4H3. The maximum Gasteiger partial charge on any atom is 0.289 e. The van der Waals surface area contributed by atoms with Gasteiger partial charge in [0.2, 0.25) is 11.8 Å². The van der Waals surface area contributed by atoms with Gasteiger partial charge in [-0.1, -0.05) is 36.4 Å². The second kappa shape index (κ2) is 8.68. The van der Waals surface area contributed by atoms with Crippen LogP contribution in [0.1, 0.15) is 5.69 Å². The van der Waals surface area contributed by atoms with E-state index in [1.54, 1.807) is 25.3 Å². The fraction of sp³-hybridized carbons (Fsp3) is 0.240. The highest BCUT2D eigenvalue weighted by molar-refractivity contribution is 5.84. The third-order valence-corrected chi connectivity index (χ3v) is 5.58. The normalized spacial score (nSPS) is 11.6. The summed E-state index contributed by atoms with van der Waals surface area (Å²) in [6.07, 6.45) is 0. The lowest BCUT2D eigenvalue weighted by Crippen LogP contribution is -2.23. The SMILES string of the molecule is COc1cccc2oc(-c3c(OCCN(C)C)nc4c(-c5ccccc5)c(C)[nH]n4c3=O)nc12. The maximum absolute atomic E-state index is 13.7. The molecule has 5 rings (SSSR count). The maximum atomic E-state index is 13.7. The topological polar surface area (TPSA) is 97.9 Å². The van der Waals surface area contributed by atoms with Gasteiger partial charge in [0, 0.05) is 17.8 Å². The molecule has 0 aliphatic carbocycles. The van der Waals surface area contributed by atoms with E-state index in [9.17, 15) is 4.79 Å².